The molecular weight excluding hydrogens is 614 g/mol. The number of rotatable bonds is 4. The maximum atomic E-state index is 14.9. The van der Waals surface area contributed by atoms with Crippen molar-refractivity contribution < 1.29 is 43.5 Å². The van der Waals surface area contributed by atoms with E-state index in [9.17, 15) is 43.5 Å². The van der Waals surface area contributed by atoms with E-state index in [1.807, 2.05) is 36.4 Å². The molecule has 0 saturated carbocycles. The molecule has 4 aromatic carbocycles. The zero-order valence-electron chi connectivity index (χ0n) is 24.7. The van der Waals surface area contributed by atoms with Crippen LogP contribution in [-0.2, 0) is 26.5 Å². The Bertz CT molecular complexity index is 1510. The van der Waals surface area contributed by atoms with Gasteiger partial charge in [-0.15, -0.1) is 5.46 Å². The third kappa shape index (κ3) is 7.22. The van der Waals surface area contributed by atoms with E-state index >= 15 is 0 Å². The fourth-order valence-electron chi connectivity index (χ4n) is 4.63. The molecule has 4 aromatic rings. The zero-order chi connectivity index (χ0) is 33.4. The smallest absolute Gasteiger partial charge is 0.445 e. The van der Waals surface area contributed by atoms with Crippen LogP contribution in [0.2, 0.25) is 0 Å². The highest BCUT2D eigenvalue weighted by Gasteiger charge is 2.42. The van der Waals surface area contributed by atoms with Crippen molar-refractivity contribution >= 4 is 22.4 Å². The van der Waals surface area contributed by atoms with Crippen molar-refractivity contribution in [3.8, 4) is 0 Å². The van der Waals surface area contributed by atoms with Gasteiger partial charge < -0.3 is 12.9 Å². The minimum absolute atomic E-state index is 0.338. The first-order chi connectivity index (χ1) is 20.1. The molecule has 1 nitrogen and oxygen atoms in total. The largest absolute Gasteiger partial charge is 0.509 e. The van der Waals surface area contributed by atoms with Crippen LogP contribution in [0.25, 0.3) is 0 Å². The van der Waals surface area contributed by atoms with Crippen LogP contribution in [0.5, 0.6) is 0 Å². The Balaban J connectivity index is 0.000000259. The summed E-state index contributed by atoms with van der Waals surface area (Å²) in [5.41, 5.74) is 0.954. The minimum Gasteiger partial charge on any atom is -0.445 e. The predicted molar refractivity (Wildman–Crippen MR) is 156 cm³/mol. The van der Waals surface area contributed by atoms with Gasteiger partial charge in [-0.1, -0.05) is 52.7 Å². The van der Waals surface area contributed by atoms with Crippen LogP contribution < -0.4 is 5.46 Å². The molecule has 0 aliphatic carbocycles. The average Bonchev–Trinajstić information content (AvgIpc) is 2.91. The molecule has 12 heteroatoms. The normalized spacial score (nSPS) is 12.5. The van der Waals surface area contributed by atoms with Crippen LogP contribution in [0.15, 0.2) is 87.5 Å². The van der Waals surface area contributed by atoms with E-state index in [0.717, 1.165) is 31.4 Å². The van der Waals surface area contributed by atoms with Crippen molar-refractivity contribution in [3.63, 3.8) is 0 Å². The van der Waals surface area contributed by atoms with Crippen LogP contribution in [0.1, 0.15) is 44.5 Å². The van der Waals surface area contributed by atoms with Gasteiger partial charge >= 0.3 is 19.3 Å². The lowest BCUT2D eigenvalue weighted by atomic mass is 9.78. The maximum absolute atomic E-state index is 14.9. The standard InChI is InChI=1S/C24H27OS.C8H3BF9/c1-16-10-7-13-22(19(16)4)26(25,23-14-8-11-17(2)20(23)5)24-15-9-12-18(3)21(24)6;10-7(11,12)4-1-5(8(13,14)15)3-6(2-4)9(16,17)18/h7-15H,1-6H3;1-3H/q+1;-1. The quantitative estimate of drug-likeness (QED) is 0.123. The summed E-state index contributed by atoms with van der Waals surface area (Å²) in [5, 5.41) is 0. The highest BCUT2D eigenvalue weighted by atomic mass is 32.2. The topological polar surface area (TPSA) is 17.1 Å². The first kappa shape index (κ1) is 34.9. The van der Waals surface area contributed by atoms with Crippen LogP contribution in [0.3, 0.4) is 0 Å². The molecule has 0 bridgehead atoms. The molecule has 0 aromatic heterocycles. The van der Waals surface area contributed by atoms with E-state index in [1.54, 1.807) is 0 Å². The molecule has 0 amide bonds. The Kier molecular flexibility index (Phi) is 9.89. The predicted octanol–water partition coefficient (Wildman–Crippen LogP) is 10.3. The molecule has 0 saturated heterocycles. The van der Waals surface area contributed by atoms with Gasteiger partial charge in [0.05, 0.1) is 11.1 Å². The molecule has 0 aliphatic rings. The van der Waals surface area contributed by atoms with Gasteiger partial charge in [0.1, 0.15) is 0 Å². The van der Waals surface area contributed by atoms with E-state index in [1.165, 1.54) is 16.7 Å². The van der Waals surface area contributed by atoms with E-state index in [-0.39, 0.29) is 18.2 Å². The summed E-state index contributed by atoms with van der Waals surface area (Å²) in [6.07, 6.45) is -10.6. The fourth-order valence-corrected chi connectivity index (χ4v) is 7.93. The Morgan fingerprint density at radius 3 is 1.07 bits per heavy atom. The van der Waals surface area contributed by atoms with Crippen LogP contribution >= 0.6 is 0 Å². The third-order valence-corrected chi connectivity index (χ3v) is 10.8. The molecule has 44 heavy (non-hydrogen) atoms. The maximum Gasteiger partial charge on any atom is 0.509 e. The van der Waals surface area contributed by atoms with Crippen molar-refractivity contribution in [3.05, 3.63) is 117 Å². The lowest BCUT2D eigenvalue weighted by molar-refractivity contribution is -0.142. The molecule has 0 aliphatic heterocycles. The summed E-state index contributed by atoms with van der Waals surface area (Å²) in [6.45, 7) is 6.57. The molecule has 0 heterocycles. The van der Waals surface area contributed by atoms with Crippen molar-refractivity contribution in [2.45, 2.75) is 68.6 Å². The number of halogens is 9. The van der Waals surface area contributed by atoms with Gasteiger partial charge in [-0.25, -0.2) is 0 Å². The Hall–Kier alpha value is -3.54. The van der Waals surface area contributed by atoms with Gasteiger partial charge in [0.25, 0.3) is 0 Å². The van der Waals surface area contributed by atoms with Crippen molar-refractivity contribution in [1.82, 2.24) is 0 Å². The highest BCUT2D eigenvalue weighted by Crippen LogP contribution is 2.43. The highest BCUT2D eigenvalue weighted by molar-refractivity contribution is 8.03. The van der Waals surface area contributed by atoms with Crippen molar-refractivity contribution in [2.24, 2.45) is 0 Å². The summed E-state index contributed by atoms with van der Waals surface area (Å²) in [7, 11) is -2.58. The number of hydrogen-bond donors (Lipinski definition) is 0. The summed E-state index contributed by atoms with van der Waals surface area (Å²) in [6, 6.07) is 17.4. The van der Waals surface area contributed by atoms with Gasteiger partial charge in [0.2, 0.25) is 0 Å². The SMILES string of the molecule is Cc1cccc([S+](=O)(c2cccc(C)c2C)c2cccc(C)c2C)c1C.F[B-](F)(F)c1cc(C(F)(F)F)cc(C(F)(F)F)c1. The second-order valence-electron chi connectivity index (χ2n) is 10.6. The van der Waals surface area contributed by atoms with E-state index in [0.29, 0.717) is 0 Å². The first-order valence-electron chi connectivity index (χ1n) is 13.3. The second kappa shape index (κ2) is 12.5. The summed E-state index contributed by atoms with van der Waals surface area (Å²) < 4.78 is 125. The Morgan fingerprint density at radius 1 is 0.523 bits per heavy atom. The summed E-state index contributed by atoms with van der Waals surface area (Å²) >= 11 is 0. The van der Waals surface area contributed by atoms with Gasteiger partial charge in [0.15, 0.2) is 24.6 Å². The molecule has 0 N–H and O–H groups in total. The second-order valence-corrected chi connectivity index (χ2v) is 13.0. The molecule has 0 spiro atoms. The monoisotopic (exact) mass is 644 g/mol. The number of benzene rings is 4. The number of aryl methyl sites for hydroxylation is 3. The molecular formula is C32H30BF9OS. The van der Waals surface area contributed by atoms with Gasteiger partial charge in [-0.2, -0.15) is 26.3 Å². The van der Waals surface area contributed by atoms with E-state index in [4.69, 9.17) is 0 Å². The average molecular weight is 644 g/mol. The fraction of sp³-hybridized carbons (Fsp3) is 0.250. The molecule has 0 atom stereocenters. The number of alkyl halides is 6. The summed E-state index contributed by atoms with van der Waals surface area (Å²) in [5.74, 6) is 0. The van der Waals surface area contributed by atoms with Gasteiger partial charge in [-0.3, -0.25) is 0 Å². The van der Waals surface area contributed by atoms with Gasteiger partial charge in [0, 0.05) is 16.7 Å². The van der Waals surface area contributed by atoms with Crippen LogP contribution in [-0.4, -0.2) is 6.98 Å². The molecule has 0 unspecified atom stereocenters. The number of hydrogen-bond acceptors (Lipinski definition) is 1. The third-order valence-electron chi connectivity index (χ3n) is 7.58. The van der Waals surface area contributed by atoms with Crippen molar-refractivity contribution in [2.75, 3.05) is 0 Å². The van der Waals surface area contributed by atoms with Crippen LogP contribution in [0.4, 0.5) is 39.3 Å². The molecule has 0 radical (unpaired) electrons. The Labute approximate surface area is 251 Å². The molecule has 0 fully saturated rings. The van der Waals surface area contributed by atoms with Crippen LogP contribution in [0, 0.1) is 41.5 Å². The van der Waals surface area contributed by atoms with E-state index in [2.05, 4.69) is 59.7 Å². The van der Waals surface area contributed by atoms with E-state index < -0.39 is 45.9 Å². The first-order valence-corrected chi connectivity index (χ1v) is 14.9. The molecule has 4 rings (SSSR count). The molecule has 236 valence electrons. The summed E-state index contributed by atoms with van der Waals surface area (Å²) in [4.78, 5) is 2.79. The van der Waals surface area contributed by atoms with Gasteiger partial charge in [-0.05, 0) is 82.5 Å². The lowest BCUT2D eigenvalue weighted by Gasteiger charge is -2.19. The zero-order valence-corrected chi connectivity index (χ0v) is 25.5. The lowest BCUT2D eigenvalue weighted by Crippen LogP contribution is -2.36. The Morgan fingerprint density at radius 2 is 0.818 bits per heavy atom. The minimum atomic E-state index is -5.95. The van der Waals surface area contributed by atoms with Crippen molar-refractivity contribution in [1.29, 1.82) is 0 Å².